The van der Waals surface area contributed by atoms with Crippen molar-refractivity contribution in [1.29, 1.82) is 0 Å². The lowest BCUT2D eigenvalue weighted by Gasteiger charge is -2.29. The van der Waals surface area contributed by atoms with E-state index in [-0.39, 0.29) is 0 Å². The molecule has 0 fully saturated rings. The summed E-state index contributed by atoms with van der Waals surface area (Å²) >= 11 is 6.12. The number of halogens is 1. The van der Waals surface area contributed by atoms with Crippen molar-refractivity contribution in [1.82, 2.24) is 9.97 Å². The molecule has 2 nitrogen and oxygen atoms in total. The Morgan fingerprint density at radius 1 is 1.18 bits per heavy atom. The number of aromatic nitrogens is 2. The molecule has 1 aromatic carbocycles. The fraction of sp³-hybridized carbons (Fsp3) is 0.286. The maximum atomic E-state index is 6.12. The van der Waals surface area contributed by atoms with Crippen LogP contribution in [0.3, 0.4) is 0 Å². The topological polar surface area (TPSA) is 25.8 Å². The fourth-order valence-electron chi connectivity index (χ4n) is 2.26. The van der Waals surface area contributed by atoms with E-state index in [9.17, 15) is 0 Å². The van der Waals surface area contributed by atoms with E-state index in [4.69, 9.17) is 11.6 Å². The van der Waals surface area contributed by atoms with Crippen molar-refractivity contribution in [2.24, 2.45) is 0 Å². The second-order valence-electron chi connectivity index (χ2n) is 4.54. The number of nitrogens with zero attached hydrogens (tertiary/aromatic N) is 2. The predicted molar refractivity (Wildman–Crippen MR) is 68.5 cm³/mol. The maximum absolute atomic E-state index is 6.12. The molecule has 2 aromatic rings. The Morgan fingerprint density at radius 3 is 2.65 bits per heavy atom. The zero-order valence-corrected chi connectivity index (χ0v) is 10.6. The molecule has 1 aromatic heterocycles. The Morgan fingerprint density at radius 2 is 1.94 bits per heavy atom. The van der Waals surface area contributed by atoms with E-state index < -0.39 is 0 Å². The van der Waals surface area contributed by atoms with Gasteiger partial charge in [0.05, 0.1) is 0 Å². The molecule has 1 unspecified atom stereocenters. The average molecular weight is 245 g/mol. The molecular formula is C14H13ClN2. The van der Waals surface area contributed by atoms with Crippen molar-refractivity contribution < 1.29 is 0 Å². The standard InChI is InChI=1S/C14H13ClN2/c1-8-9(2)16-14(17-13(8)15)12-7-10-5-3-4-6-11(10)12/h3-6,12H,7H2,1-2H3. The van der Waals surface area contributed by atoms with Crippen LogP contribution < -0.4 is 0 Å². The van der Waals surface area contributed by atoms with E-state index in [2.05, 4.69) is 34.2 Å². The van der Waals surface area contributed by atoms with Crippen LogP contribution in [0.1, 0.15) is 34.1 Å². The number of rotatable bonds is 1. The quantitative estimate of drug-likeness (QED) is 0.719. The summed E-state index contributed by atoms with van der Waals surface area (Å²) in [6.45, 7) is 3.94. The molecule has 0 saturated carbocycles. The van der Waals surface area contributed by atoms with E-state index in [1.807, 2.05) is 13.8 Å². The van der Waals surface area contributed by atoms with Crippen LogP contribution in [-0.2, 0) is 6.42 Å². The molecule has 0 amide bonds. The van der Waals surface area contributed by atoms with Gasteiger partial charge in [0.15, 0.2) is 0 Å². The molecule has 0 bridgehead atoms. The number of hydrogen-bond donors (Lipinski definition) is 0. The van der Waals surface area contributed by atoms with Crippen LogP contribution in [0, 0.1) is 13.8 Å². The van der Waals surface area contributed by atoms with Crippen molar-refractivity contribution in [3.8, 4) is 0 Å². The summed E-state index contributed by atoms with van der Waals surface area (Å²) in [6.07, 6.45) is 1.02. The van der Waals surface area contributed by atoms with Gasteiger partial charge in [0.2, 0.25) is 0 Å². The first-order valence-corrected chi connectivity index (χ1v) is 6.13. The molecule has 86 valence electrons. The Balaban J connectivity index is 2.03. The molecule has 17 heavy (non-hydrogen) atoms. The number of hydrogen-bond acceptors (Lipinski definition) is 2. The van der Waals surface area contributed by atoms with Crippen LogP contribution in [0.5, 0.6) is 0 Å². The van der Waals surface area contributed by atoms with Crippen LogP contribution in [0.2, 0.25) is 5.15 Å². The van der Waals surface area contributed by atoms with Crippen molar-refractivity contribution in [2.75, 3.05) is 0 Å². The summed E-state index contributed by atoms with van der Waals surface area (Å²) < 4.78 is 0. The molecule has 1 heterocycles. The third-order valence-corrected chi connectivity index (χ3v) is 3.88. The van der Waals surface area contributed by atoms with Crippen LogP contribution >= 0.6 is 11.6 Å². The van der Waals surface area contributed by atoms with Gasteiger partial charge in [0, 0.05) is 17.2 Å². The van der Waals surface area contributed by atoms with Gasteiger partial charge in [0.25, 0.3) is 0 Å². The Kier molecular flexibility index (Phi) is 2.40. The normalized spacial score (nSPS) is 17.5. The lowest BCUT2D eigenvalue weighted by molar-refractivity contribution is 0.655. The largest absolute Gasteiger partial charge is 0.237 e. The van der Waals surface area contributed by atoms with Gasteiger partial charge in [-0.15, -0.1) is 0 Å². The van der Waals surface area contributed by atoms with Crippen LogP contribution in [0.15, 0.2) is 24.3 Å². The van der Waals surface area contributed by atoms with Gasteiger partial charge in [-0.25, -0.2) is 9.97 Å². The molecule has 0 aliphatic heterocycles. The SMILES string of the molecule is Cc1nc(C2Cc3ccccc32)nc(Cl)c1C. The summed E-state index contributed by atoms with van der Waals surface area (Å²) in [4.78, 5) is 8.97. The summed E-state index contributed by atoms with van der Waals surface area (Å²) in [5.74, 6) is 1.18. The second kappa shape index (κ2) is 3.81. The number of aryl methyl sites for hydroxylation is 1. The molecule has 1 atom stereocenters. The average Bonchev–Trinajstić information content (AvgIpc) is 2.27. The van der Waals surface area contributed by atoms with E-state index in [0.29, 0.717) is 11.1 Å². The molecule has 1 aliphatic rings. The van der Waals surface area contributed by atoms with E-state index in [1.54, 1.807) is 0 Å². The highest BCUT2D eigenvalue weighted by molar-refractivity contribution is 6.30. The Bertz CT molecular complexity index is 570. The van der Waals surface area contributed by atoms with Gasteiger partial charge in [0.1, 0.15) is 11.0 Å². The third kappa shape index (κ3) is 1.64. The summed E-state index contributed by atoms with van der Waals surface area (Å²) in [7, 11) is 0. The van der Waals surface area contributed by atoms with E-state index >= 15 is 0 Å². The first-order chi connectivity index (χ1) is 8.16. The van der Waals surface area contributed by atoms with Crippen LogP contribution in [0.25, 0.3) is 0 Å². The Hall–Kier alpha value is -1.41. The monoisotopic (exact) mass is 244 g/mol. The van der Waals surface area contributed by atoms with E-state index in [0.717, 1.165) is 23.5 Å². The van der Waals surface area contributed by atoms with Gasteiger partial charge in [-0.3, -0.25) is 0 Å². The maximum Gasteiger partial charge on any atom is 0.138 e. The second-order valence-corrected chi connectivity index (χ2v) is 4.90. The minimum atomic E-state index is 0.322. The van der Waals surface area contributed by atoms with Crippen molar-refractivity contribution >= 4 is 11.6 Å². The number of fused-ring (bicyclic) bond motifs is 1. The summed E-state index contributed by atoms with van der Waals surface area (Å²) in [6, 6.07) is 8.45. The van der Waals surface area contributed by atoms with Crippen molar-refractivity contribution in [2.45, 2.75) is 26.2 Å². The minimum Gasteiger partial charge on any atom is -0.237 e. The van der Waals surface area contributed by atoms with Gasteiger partial charge < -0.3 is 0 Å². The van der Waals surface area contributed by atoms with Gasteiger partial charge in [-0.05, 0) is 31.4 Å². The zero-order chi connectivity index (χ0) is 12.0. The van der Waals surface area contributed by atoms with Gasteiger partial charge in [-0.2, -0.15) is 0 Å². The van der Waals surface area contributed by atoms with Gasteiger partial charge >= 0.3 is 0 Å². The molecule has 0 N–H and O–H groups in total. The highest BCUT2D eigenvalue weighted by Crippen LogP contribution is 2.38. The summed E-state index contributed by atoms with van der Waals surface area (Å²) in [5, 5.41) is 0.580. The van der Waals surface area contributed by atoms with Crippen molar-refractivity contribution in [3.05, 3.63) is 57.6 Å². The molecule has 0 saturated heterocycles. The highest BCUT2D eigenvalue weighted by Gasteiger charge is 2.29. The van der Waals surface area contributed by atoms with Crippen LogP contribution in [-0.4, -0.2) is 9.97 Å². The zero-order valence-electron chi connectivity index (χ0n) is 9.87. The first kappa shape index (κ1) is 10.7. The lowest BCUT2D eigenvalue weighted by Crippen LogP contribution is -2.21. The highest BCUT2D eigenvalue weighted by atomic mass is 35.5. The fourth-order valence-corrected chi connectivity index (χ4v) is 2.48. The third-order valence-electron chi connectivity index (χ3n) is 3.51. The molecule has 3 rings (SSSR count). The molecular weight excluding hydrogens is 232 g/mol. The molecule has 1 aliphatic carbocycles. The Labute approximate surface area is 106 Å². The molecule has 0 radical (unpaired) electrons. The molecule has 3 heteroatoms. The lowest BCUT2D eigenvalue weighted by atomic mass is 9.77. The smallest absolute Gasteiger partial charge is 0.138 e. The first-order valence-electron chi connectivity index (χ1n) is 5.75. The number of benzene rings is 1. The van der Waals surface area contributed by atoms with Crippen LogP contribution in [0.4, 0.5) is 0 Å². The molecule has 0 spiro atoms. The predicted octanol–water partition coefficient (Wildman–Crippen LogP) is 3.43. The van der Waals surface area contributed by atoms with E-state index in [1.165, 1.54) is 11.1 Å². The summed E-state index contributed by atoms with van der Waals surface area (Å²) in [5.41, 5.74) is 4.69. The van der Waals surface area contributed by atoms with Crippen molar-refractivity contribution in [3.63, 3.8) is 0 Å². The van der Waals surface area contributed by atoms with Gasteiger partial charge in [-0.1, -0.05) is 35.9 Å². The minimum absolute atomic E-state index is 0.322.